The van der Waals surface area contributed by atoms with Crippen molar-refractivity contribution in [1.82, 2.24) is 0 Å². The number of benzene rings is 2. The molecular formula is C21H28O4. The van der Waals surface area contributed by atoms with Gasteiger partial charge in [-0.15, -0.1) is 0 Å². The predicted molar refractivity (Wildman–Crippen MR) is 99.8 cm³/mol. The van der Waals surface area contributed by atoms with E-state index in [0.29, 0.717) is 6.61 Å². The third-order valence-corrected chi connectivity index (χ3v) is 4.03. The minimum Gasteiger partial charge on any atom is -0.497 e. The molecule has 2 rings (SSSR count). The van der Waals surface area contributed by atoms with Crippen molar-refractivity contribution in [2.75, 3.05) is 20.8 Å². The van der Waals surface area contributed by atoms with E-state index in [1.54, 1.807) is 21.1 Å². The van der Waals surface area contributed by atoms with Gasteiger partial charge in [0.25, 0.3) is 0 Å². The van der Waals surface area contributed by atoms with Crippen LogP contribution in [-0.4, -0.2) is 32.0 Å². The quantitative estimate of drug-likeness (QED) is 0.661. The van der Waals surface area contributed by atoms with E-state index in [4.69, 9.17) is 14.2 Å². The Labute approximate surface area is 150 Å². The van der Waals surface area contributed by atoms with Crippen molar-refractivity contribution in [2.24, 2.45) is 0 Å². The van der Waals surface area contributed by atoms with Gasteiger partial charge in [0.2, 0.25) is 0 Å². The number of para-hydroxylation sites is 1. The molecule has 4 nitrogen and oxygen atoms in total. The first-order valence-corrected chi connectivity index (χ1v) is 8.73. The van der Waals surface area contributed by atoms with Gasteiger partial charge in [-0.3, -0.25) is 0 Å². The summed E-state index contributed by atoms with van der Waals surface area (Å²) in [5.41, 5.74) is 2.40. The van der Waals surface area contributed by atoms with E-state index < -0.39 is 6.10 Å². The molecule has 2 aromatic rings. The number of unbranched alkanes of at least 4 members (excludes halogenated alkanes) is 1. The summed E-state index contributed by atoms with van der Waals surface area (Å²) >= 11 is 0. The molecule has 0 aliphatic rings. The van der Waals surface area contributed by atoms with Crippen LogP contribution < -0.4 is 14.2 Å². The fourth-order valence-corrected chi connectivity index (χ4v) is 2.72. The number of aliphatic hydroxyl groups excluding tert-OH is 1. The van der Waals surface area contributed by atoms with E-state index in [2.05, 4.69) is 18.2 Å². The molecule has 0 bridgehead atoms. The molecule has 0 fully saturated rings. The van der Waals surface area contributed by atoms with Gasteiger partial charge in [0.05, 0.1) is 20.3 Å². The minimum atomic E-state index is -0.462. The van der Waals surface area contributed by atoms with E-state index >= 15 is 0 Å². The minimum absolute atomic E-state index is 0.320. The average molecular weight is 344 g/mol. The fraction of sp³-hybridized carbons (Fsp3) is 0.429. The first-order chi connectivity index (χ1) is 12.1. The van der Waals surface area contributed by atoms with Crippen LogP contribution >= 0.6 is 0 Å². The second kappa shape index (κ2) is 9.94. The summed E-state index contributed by atoms with van der Waals surface area (Å²) in [7, 11) is 3.34. The number of ether oxygens (including phenoxy) is 3. The largest absolute Gasteiger partial charge is 0.497 e. The molecule has 25 heavy (non-hydrogen) atoms. The molecule has 0 heterocycles. The van der Waals surface area contributed by atoms with Crippen molar-refractivity contribution < 1.29 is 19.3 Å². The van der Waals surface area contributed by atoms with E-state index in [1.165, 1.54) is 11.1 Å². The summed E-state index contributed by atoms with van der Waals surface area (Å²) < 4.78 is 16.3. The Morgan fingerprint density at radius 1 is 0.920 bits per heavy atom. The Bertz CT molecular complexity index is 630. The van der Waals surface area contributed by atoms with Crippen molar-refractivity contribution in [3.8, 4) is 17.2 Å². The van der Waals surface area contributed by atoms with Gasteiger partial charge in [-0.05, 0) is 61.9 Å². The molecule has 2 aromatic carbocycles. The normalized spacial score (nSPS) is 11.8. The summed E-state index contributed by atoms with van der Waals surface area (Å²) in [4.78, 5) is 0. The average Bonchev–Trinajstić information content (AvgIpc) is 2.63. The van der Waals surface area contributed by atoms with Crippen LogP contribution in [0.5, 0.6) is 17.2 Å². The molecule has 0 aromatic heterocycles. The van der Waals surface area contributed by atoms with Crippen LogP contribution in [0.3, 0.4) is 0 Å². The molecule has 1 N–H and O–H groups in total. The monoisotopic (exact) mass is 344 g/mol. The van der Waals surface area contributed by atoms with Crippen LogP contribution in [0, 0.1) is 0 Å². The Hall–Kier alpha value is -2.20. The van der Waals surface area contributed by atoms with Crippen LogP contribution in [-0.2, 0) is 12.8 Å². The number of aliphatic hydroxyl groups is 1. The Morgan fingerprint density at radius 3 is 2.20 bits per heavy atom. The van der Waals surface area contributed by atoms with Crippen LogP contribution in [0.2, 0.25) is 0 Å². The van der Waals surface area contributed by atoms with E-state index in [9.17, 15) is 5.11 Å². The van der Waals surface area contributed by atoms with Gasteiger partial charge >= 0.3 is 0 Å². The first-order valence-electron chi connectivity index (χ1n) is 8.73. The molecule has 0 amide bonds. The zero-order valence-electron chi connectivity index (χ0n) is 15.3. The summed E-state index contributed by atoms with van der Waals surface area (Å²) in [5.74, 6) is 2.52. The predicted octanol–water partition coefficient (Wildman–Crippen LogP) is 4.03. The summed E-state index contributed by atoms with van der Waals surface area (Å²) in [5, 5.41) is 9.38. The lowest BCUT2D eigenvalue weighted by molar-refractivity contribution is 0.122. The maximum Gasteiger partial charge on any atom is 0.122 e. The van der Waals surface area contributed by atoms with Crippen LogP contribution in [0.25, 0.3) is 0 Å². The number of hydrogen-bond acceptors (Lipinski definition) is 4. The molecule has 1 atom stereocenters. The van der Waals surface area contributed by atoms with Crippen LogP contribution in [0.15, 0.2) is 42.5 Å². The van der Waals surface area contributed by atoms with Crippen LogP contribution in [0.1, 0.15) is 30.9 Å². The molecule has 0 aliphatic heterocycles. The highest BCUT2D eigenvalue weighted by molar-refractivity contribution is 5.38. The topological polar surface area (TPSA) is 47.9 Å². The highest BCUT2D eigenvalue weighted by atomic mass is 16.5. The lowest BCUT2D eigenvalue weighted by Crippen LogP contribution is -2.13. The lowest BCUT2D eigenvalue weighted by Gasteiger charge is -2.13. The van der Waals surface area contributed by atoms with Crippen molar-refractivity contribution in [3.05, 3.63) is 53.6 Å². The Kier molecular flexibility index (Phi) is 7.61. The lowest BCUT2D eigenvalue weighted by atomic mass is 10.0. The molecule has 136 valence electrons. The number of rotatable bonds is 10. The second-order valence-electron chi connectivity index (χ2n) is 6.20. The van der Waals surface area contributed by atoms with Gasteiger partial charge in [0.15, 0.2) is 0 Å². The molecule has 1 unspecified atom stereocenters. The first kappa shape index (κ1) is 19.1. The zero-order valence-corrected chi connectivity index (χ0v) is 15.3. The van der Waals surface area contributed by atoms with Gasteiger partial charge in [0, 0.05) is 6.07 Å². The smallest absolute Gasteiger partial charge is 0.122 e. The third-order valence-electron chi connectivity index (χ3n) is 4.03. The zero-order chi connectivity index (χ0) is 18.1. The van der Waals surface area contributed by atoms with Gasteiger partial charge < -0.3 is 19.3 Å². The van der Waals surface area contributed by atoms with Crippen molar-refractivity contribution >= 4 is 0 Å². The van der Waals surface area contributed by atoms with Gasteiger partial charge in [-0.1, -0.05) is 18.2 Å². The Morgan fingerprint density at radius 2 is 1.56 bits per heavy atom. The summed E-state index contributed by atoms with van der Waals surface area (Å²) in [6.07, 6.45) is 3.60. The fourth-order valence-electron chi connectivity index (χ4n) is 2.72. The molecule has 0 saturated heterocycles. The second-order valence-corrected chi connectivity index (χ2v) is 6.20. The molecule has 0 aliphatic carbocycles. The summed E-state index contributed by atoms with van der Waals surface area (Å²) in [6, 6.07) is 14.0. The molecule has 0 saturated carbocycles. The van der Waals surface area contributed by atoms with E-state index in [-0.39, 0.29) is 0 Å². The summed E-state index contributed by atoms with van der Waals surface area (Å²) in [6.45, 7) is 2.05. The third kappa shape index (κ3) is 6.31. The van der Waals surface area contributed by atoms with Gasteiger partial charge in [-0.2, -0.15) is 0 Å². The van der Waals surface area contributed by atoms with Gasteiger partial charge in [-0.25, -0.2) is 0 Å². The standard InChI is InChI=1S/C21H28O4/c1-16(22)15-25-21-11-7-6-10-18(21)9-5-4-8-17-12-19(23-2)14-20(13-17)24-3/h6-7,10-14,16,22H,4-5,8-9,15H2,1-3H3. The highest BCUT2D eigenvalue weighted by Crippen LogP contribution is 2.24. The maximum atomic E-state index is 9.38. The van der Waals surface area contributed by atoms with Crippen molar-refractivity contribution in [3.63, 3.8) is 0 Å². The van der Waals surface area contributed by atoms with Crippen molar-refractivity contribution in [2.45, 2.75) is 38.7 Å². The molecule has 0 spiro atoms. The molecule has 0 radical (unpaired) electrons. The van der Waals surface area contributed by atoms with E-state index in [1.807, 2.05) is 24.3 Å². The SMILES string of the molecule is COc1cc(CCCCc2ccccc2OCC(C)O)cc(OC)c1. The highest BCUT2D eigenvalue weighted by Gasteiger charge is 2.06. The van der Waals surface area contributed by atoms with Gasteiger partial charge in [0.1, 0.15) is 23.9 Å². The Balaban J connectivity index is 1.87. The number of aryl methyl sites for hydroxylation is 2. The number of methoxy groups -OCH3 is 2. The van der Waals surface area contributed by atoms with E-state index in [0.717, 1.165) is 42.9 Å². The maximum absolute atomic E-state index is 9.38. The number of hydrogen-bond donors (Lipinski definition) is 1. The van der Waals surface area contributed by atoms with Crippen molar-refractivity contribution in [1.29, 1.82) is 0 Å². The van der Waals surface area contributed by atoms with Crippen LogP contribution in [0.4, 0.5) is 0 Å². The molecule has 4 heteroatoms. The molecular weight excluding hydrogens is 316 g/mol.